The van der Waals surface area contributed by atoms with E-state index < -0.39 is 34.5 Å². The number of alkyl halides is 6. The quantitative estimate of drug-likeness (QED) is 0.458. The van der Waals surface area contributed by atoms with E-state index in [9.17, 15) is 26.3 Å². The molecule has 70 valence electrons. The van der Waals surface area contributed by atoms with Gasteiger partial charge in [-0.05, 0) is 10.5 Å². The molecule has 0 aromatic heterocycles. The van der Waals surface area contributed by atoms with E-state index in [0.29, 0.717) is 0 Å². The Morgan fingerprint density at radius 3 is 1.08 bits per heavy atom. The largest absolute Gasteiger partial charge is 0.453 e. The van der Waals surface area contributed by atoms with E-state index in [-0.39, 0.29) is 0 Å². The average Bonchev–Trinajstić information content (AvgIpc) is 1.76. The molecule has 0 atom stereocenters. The molecular formula is C4F6S2. The summed E-state index contributed by atoms with van der Waals surface area (Å²) in [5, 5.41) is 2.53. The molecular weight excluding hydrogens is 226 g/mol. The molecule has 0 aromatic rings. The molecule has 0 amide bonds. The highest BCUT2D eigenvalue weighted by Crippen LogP contribution is 2.32. The van der Waals surface area contributed by atoms with Gasteiger partial charge in [0.15, 0.2) is 0 Å². The zero-order valence-corrected chi connectivity index (χ0v) is 6.72. The lowest BCUT2D eigenvalue weighted by Crippen LogP contribution is -1.98. The van der Waals surface area contributed by atoms with Crippen molar-refractivity contribution < 1.29 is 26.3 Å². The average molecular weight is 226 g/mol. The lowest BCUT2D eigenvalue weighted by Gasteiger charge is -1.97. The van der Waals surface area contributed by atoms with Gasteiger partial charge in [-0.2, -0.15) is 26.3 Å². The zero-order chi connectivity index (χ0) is 9.83. The van der Waals surface area contributed by atoms with Crippen molar-refractivity contribution in [3.8, 4) is 10.5 Å². The third-order valence-corrected chi connectivity index (χ3v) is 1.38. The number of hydrogen-bond acceptors (Lipinski definition) is 2. The smallest absolute Gasteiger partial charge is 0.160 e. The van der Waals surface area contributed by atoms with E-state index in [1.54, 1.807) is 0 Å². The van der Waals surface area contributed by atoms with Crippen LogP contribution in [0.25, 0.3) is 0 Å². The maximum absolute atomic E-state index is 11.2. The third kappa shape index (κ3) is 9.84. The summed E-state index contributed by atoms with van der Waals surface area (Å²) in [7, 11) is 0. The Kier molecular flexibility index (Phi) is 4.13. The van der Waals surface area contributed by atoms with Gasteiger partial charge in [-0.15, -0.1) is 0 Å². The number of hydrogen-bond donors (Lipinski definition) is 0. The van der Waals surface area contributed by atoms with Gasteiger partial charge in [0.1, 0.15) is 0 Å². The molecule has 0 rings (SSSR count). The second kappa shape index (κ2) is 4.18. The van der Waals surface area contributed by atoms with Crippen LogP contribution in [0.1, 0.15) is 0 Å². The van der Waals surface area contributed by atoms with Crippen LogP contribution in [-0.4, -0.2) is 11.0 Å². The molecule has 0 radical (unpaired) electrons. The Labute approximate surface area is 72.1 Å². The topological polar surface area (TPSA) is 0 Å². The molecule has 0 N–H and O–H groups in total. The highest BCUT2D eigenvalue weighted by molar-refractivity contribution is 8.07. The molecule has 0 nitrogen and oxygen atoms in total. The second-order valence-electron chi connectivity index (χ2n) is 1.30. The standard InChI is InChI=1S/C4F6S2/c5-3(6,7)11-1-2-12-4(8,9)10. The highest BCUT2D eigenvalue weighted by Gasteiger charge is 2.29. The minimum Gasteiger partial charge on any atom is -0.160 e. The zero-order valence-electron chi connectivity index (χ0n) is 5.08. The molecule has 0 aliphatic rings. The first-order valence-corrected chi connectivity index (χ1v) is 3.83. The summed E-state index contributed by atoms with van der Waals surface area (Å²) in [6.07, 6.45) is 0. The van der Waals surface area contributed by atoms with E-state index in [1.165, 1.54) is 10.5 Å². The van der Waals surface area contributed by atoms with Crippen LogP contribution in [0.4, 0.5) is 26.3 Å². The molecule has 0 spiro atoms. The second-order valence-corrected chi connectivity index (χ2v) is 3.04. The van der Waals surface area contributed by atoms with E-state index in [0.717, 1.165) is 0 Å². The molecule has 0 bridgehead atoms. The predicted octanol–water partition coefficient (Wildman–Crippen LogP) is 3.41. The molecule has 0 aliphatic carbocycles. The lowest BCUT2D eigenvalue weighted by molar-refractivity contribution is -0.0329. The molecule has 0 aromatic carbocycles. The van der Waals surface area contributed by atoms with Crippen LogP contribution in [0.3, 0.4) is 0 Å². The number of halogens is 6. The first-order valence-electron chi connectivity index (χ1n) is 2.20. The van der Waals surface area contributed by atoms with E-state index in [1.807, 2.05) is 0 Å². The molecule has 0 saturated carbocycles. The Balaban J connectivity index is 3.77. The third-order valence-electron chi connectivity index (χ3n) is 0.375. The molecule has 0 heterocycles. The molecule has 0 fully saturated rings. The van der Waals surface area contributed by atoms with Crippen molar-refractivity contribution in [3.05, 3.63) is 0 Å². The number of rotatable bonds is 0. The highest BCUT2D eigenvalue weighted by atomic mass is 32.2. The Morgan fingerprint density at radius 2 is 0.917 bits per heavy atom. The summed E-state index contributed by atoms with van der Waals surface area (Å²) in [4.78, 5) is 0. The molecule has 8 heteroatoms. The predicted molar refractivity (Wildman–Crippen MR) is 35.1 cm³/mol. The first-order chi connectivity index (χ1) is 5.21. The fourth-order valence-electron chi connectivity index (χ4n) is 0.157. The van der Waals surface area contributed by atoms with Gasteiger partial charge >= 0.3 is 11.0 Å². The fourth-order valence-corrected chi connectivity index (χ4v) is 0.722. The van der Waals surface area contributed by atoms with Crippen molar-refractivity contribution in [1.29, 1.82) is 0 Å². The van der Waals surface area contributed by atoms with Crippen LogP contribution in [0, 0.1) is 10.5 Å². The Hall–Kier alpha value is -0.160. The van der Waals surface area contributed by atoms with E-state index >= 15 is 0 Å². The van der Waals surface area contributed by atoms with Crippen molar-refractivity contribution in [1.82, 2.24) is 0 Å². The van der Waals surface area contributed by atoms with Gasteiger partial charge in [0, 0.05) is 23.5 Å². The lowest BCUT2D eigenvalue weighted by atomic mass is 11.4. The van der Waals surface area contributed by atoms with Crippen LogP contribution >= 0.6 is 23.5 Å². The molecule has 12 heavy (non-hydrogen) atoms. The van der Waals surface area contributed by atoms with Crippen molar-refractivity contribution in [2.24, 2.45) is 0 Å². The van der Waals surface area contributed by atoms with Gasteiger partial charge in [0.25, 0.3) is 0 Å². The Morgan fingerprint density at radius 1 is 0.667 bits per heavy atom. The van der Waals surface area contributed by atoms with Gasteiger partial charge in [-0.3, -0.25) is 0 Å². The van der Waals surface area contributed by atoms with Crippen LogP contribution < -0.4 is 0 Å². The van der Waals surface area contributed by atoms with Crippen LogP contribution in [-0.2, 0) is 0 Å². The summed E-state index contributed by atoms with van der Waals surface area (Å²) in [5.74, 6) is 0. The monoisotopic (exact) mass is 226 g/mol. The summed E-state index contributed by atoms with van der Waals surface area (Å²) in [5.41, 5.74) is -9.22. The fraction of sp³-hybridized carbons (Fsp3) is 0.500. The van der Waals surface area contributed by atoms with Crippen LogP contribution in [0.2, 0.25) is 0 Å². The van der Waals surface area contributed by atoms with Gasteiger partial charge in [0.05, 0.1) is 0 Å². The maximum Gasteiger partial charge on any atom is 0.453 e. The maximum atomic E-state index is 11.2. The molecule has 0 saturated heterocycles. The van der Waals surface area contributed by atoms with Crippen molar-refractivity contribution in [3.63, 3.8) is 0 Å². The van der Waals surface area contributed by atoms with Gasteiger partial charge < -0.3 is 0 Å². The van der Waals surface area contributed by atoms with Crippen molar-refractivity contribution >= 4 is 23.5 Å². The summed E-state index contributed by atoms with van der Waals surface area (Å²) in [6.45, 7) is 0. The summed E-state index contributed by atoms with van der Waals surface area (Å²) < 4.78 is 67.5. The minimum absolute atomic E-state index is 0.808. The van der Waals surface area contributed by atoms with E-state index in [2.05, 4.69) is 0 Å². The SMILES string of the molecule is FC(F)(F)SC#CSC(F)(F)F. The normalized spacial score (nSPS) is 12.2. The summed E-state index contributed by atoms with van der Waals surface area (Å²) >= 11 is -1.62. The van der Waals surface area contributed by atoms with Crippen molar-refractivity contribution in [2.45, 2.75) is 11.0 Å². The Bertz CT molecular complexity index is 172. The van der Waals surface area contributed by atoms with Gasteiger partial charge in [-0.25, -0.2) is 0 Å². The number of thioether (sulfide) groups is 2. The molecule has 0 unspecified atom stereocenters. The van der Waals surface area contributed by atoms with Crippen LogP contribution in [0.15, 0.2) is 0 Å². The van der Waals surface area contributed by atoms with Gasteiger partial charge in [0.2, 0.25) is 0 Å². The van der Waals surface area contributed by atoms with E-state index in [4.69, 9.17) is 0 Å². The first kappa shape index (κ1) is 11.8. The summed E-state index contributed by atoms with van der Waals surface area (Å²) in [6, 6.07) is 0. The van der Waals surface area contributed by atoms with Crippen LogP contribution in [0.5, 0.6) is 0 Å². The van der Waals surface area contributed by atoms with Gasteiger partial charge in [-0.1, -0.05) is 0 Å². The molecule has 0 aliphatic heterocycles. The van der Waals surface area contributed by atoms with Crippen molar-refractivity contribution in [2.75, 3.05) is 0 Å². The minimum atomic E-state index is -4.61.